The van der Waals surface area contributed by atoms with E-state index in [0.717, 1.165) is 31.9 Å². The Hall–Kier alpha value is -1.03. The van der Waals surface area contributed by atoms with E-state index in [1.807, 2.05) is 6.20 Å². The molecule has 0 aromatic carbocycles. The minimum atomic E-state index is 0.490. The average molecular weight is 224 g/mol. The van der Waals surface area contributed by atoms with Crippen molar-refractivity contribution in [2.75, 3.05) is 32.5 Å². The van der Waals surface area contributed by atoms with Crippen LogP contribution in [0, 0.1) is 0 Å². The van der Waals surface area contributed by atoms with E-state index in [-0.39, 0.29) is 0 Å². The fourth-order valence-corrected chi connectivity index (χ4v) is 1.63. The Morgan fingerprint density at radius 3 is 2.88 bits per heavy atom. The van der Waals surface area contributed by atoms with Crippen molar-refractivity contribution in [3.05, 3.63) is 12.4 Å². The Morgan fingerprint density at radius 2 is 2.25 bits per heavy atom. The van der Waals surface area contributed by atoms with Crippen LogP contribution in [-0.4, -0.2) is 41.6 Å². The zero-order chi connectivity index (χ0) is 12.0. The van der Waals surface area contributed by atoms with Crippen LogP contribution in [-0.2, 0) is 0 Å². The number of nitrogens with one attached hydrogen (secondary N) is 1. The molecule has 0 saturated heterocycles. The maximum absolute atomic E-state index is 4.34. The molecule has 4 nitrogen and oxygen atoms in total. The Bertz CT molecular complexity index is 293. The zero-order valence-electron chi connectivity index (χ0n) is 10.9. The quantitative estimate of drug-likeness (QED) is 0.771. The predicted molar refractivity (Wildman–Crippen MR) is 68.9 cm³/mol. The van der Waals surface area contributed by atoms with E-state index < -0.39 is 0 Å². The van der Waals surface area contributed by atoms with Crippen LogP contribution in [0.15, 0.2) is 12.4 Å². The normalized spacial score (nSPS) is 13.1. The van der Waals surface area contributed by atoms with Gasteiger partial charge in [0.15, 0.2) is 0 Å². The molecule has 0 saturated carbocycles. The lowest BCUT2D eigenvalue weighted by molar-refractivity contribution is 0.359. The molecular formula is C12H24N4. The lowest BCUT2D eigenvalue weighted by Crippen LogP contribution is -2.18. The summed E-state index contributed by atoms with van der Waals surface area (Å²) in [6.07, 6.45) is 6.19. The monoisotopic (exact) mass is 224 g/mol. The highest BCUT2D eigenvalue weighted by Gasteiger charge is 2.09. The molecule has 0 aliphatic heterocycles. The van der Waals surface area contributed by atoms with Gasteiger partial charge in [0.25, 0.3) is 0 Å². The molecule has 1 aromatic heterocycles. The van der Waals surface area contributed by atoms with Gasteiger partial charge >= 0.3 is 0 Å². The maximum atomic E-state index is 4.34. The molecule has 0 fully saturated rings. The first kappa shape index (κ1) is 13.0. The first-order valence-electron chi connectivity index (χ1n) is 6.06. The van der Waals surface area contributed by atoms with Crippen LogP contribution in [0.3, 0.4) is 0 Å². The summed E-state index contributed by atoms with van der Waals surface area (Å²) in [4.78, 5) is 6.55. The smallest absolute Gasteiger partial charge is 0.203 e. The summed E-state index contributed by atoms with van der Waals surface area (Å²) in [5.74, 6) is 0.994. The van der Waals surface area contributed by atoms with Crippen LogP contribution in [0.25, 0.3) is 0 Å². The second-order valence-electron chi connectivity index (χ2n) is 4.53. The van der Waals surface area contributed by atoms with Gasteiger partial charge < -0.3 is 14.8 Å². The third-order valence-electron chi connectivity index (χ3n) is 2.67. The van der Waals surface area contributed by atoms with Crippen molar-refractivity contribution in [2.24, 2.45) is 0 Å². The van der Waals surface area contributed by atoms with Crippen molar-refractivity contribution < 1.29 is 0 Å². The minimum Gasteiger partial charge on any atom is -0.356 e. The molecule has 1 atom stereocenters. The zero-order valence-corrected chi connectivity index (χ0v) is 10.9. The number of hydrogen-bond acceptors (Lipinski definition) is 3. The summed E-state index contributed by atoms with van der Waals surface area (Å²) in [7, 11) is 4.22. The van der Waals surface area contributed by atoms with Crippen LogP contribution in [0.4, 0.5) is 5.95 Å². The molecule has 0 spiro atoms. The van der Waals surface area contributed by atoms with Gasteiger partial charge in [-0.25, -0.2) is 4.98 Å². The largest absolute Gasteiger partial charge is 0.356 e. The van der Waals surface area contributed by atoms with Gasteiger partial charge in [0, 0.05) is 25.0 Å². The van der Waals surface area contributed by atoms with E-state index in [9.17, 15) is 0 Å². The molecule has 1 aromatic rings. The number of anilines is 1. The highest BCUT2D eigenvalue weighted by Crippen LogP contribution is 2.16. The molecule has 0 aliphatic carbocycles. The second kappa shape index (κ2) is 6.53. The van der Waals surface area contributed by atoms with Gasteiger partial charge in [0.05, 0.1) is 0 Å². The van der Waals surface area contributed by atoms with Crippen molar-refractivity contribution in [3.63, 3.8) is 0 Å². The van der Waals surface area contributed by atoms with Crippen molar-refractivity contribution in [3.8, 4) is 0 Å². The van der Waals surface area contributed by atoms with E-state index in [2.05, 4.69) is 53.9 Å². The second-order valence-corrected chi connectivity index (χ2v) is 4.53. The summed E-state index contributed by atoms with van der Waals surface area (Å²) in [6.45, 7) is 6.49. The number of aromatic nitrogens is 2. The molecule has 1 unspecified atom stereocenters. The van der Waals surface area contributed by atoms with Gasteiger partial charge in [-0.05, 0) is 40.4 Å². The first-order chi connectivity index (χ1) is 7.65. The molecule has 4 heteroatoms. The lowest BCUT2D eigenvalue weighted by atomic mass is 10.2. The molecule has 0 bridgehead atoms. The molecule has 1 heterocycles. The van der Waals surface area contributed by atoms with E-state index in [4.69, 9.17) is 0 Å². The summed E-state index contributed by atoms with van der Waals surface area (Å²) < 4.78 is 2.22. The number of nitrogens with zero attached hydrogens (tertiary/aromatic N) is 3. The summed E-state index contributed by atoms with van der Waals surface area (Å²) in [6, 6.07) is 0.490. The van der Waals surface area contributed by atoms with Gasteiger partial charge in [0.2, 0.25) is 5.95 Å². The van der Waals surface area contributed by atoms with Crippen molar-refractivity contribution in [2.45, 2.75) is 32.7 Å². The van der Waals surface area contributed by atoms with Crippen LogP contribution < -0.4 is 5.32 Å². The molecule has 1 rings (SSSR count). The third kappa shape index (κ3) is 3.85. The Labute approximate surface area is 98.7 Å². The third-order valence-corrected chi connectivity index (χ3v) is 2.67. The molecule has 16 heavy (non-hydrogen) atoms. The molecule has 1 N–H and O–H groups in total. The summed E-state index contributed by atoms with van der Waals surface area (Å²) >= 11 is 0. The van der Waals surface area contributed by atoms with E-state index >= 15 is 0 Å². The number of rotatable bonds is 7. The van der Waals surface area contributed by atoms with Crippen molar-refractivity contribution >= 4 is 5.95 Å². The van der Waals surface area contributed by atoms with E-state index in [0.29, 0.717) is 6.04 Å². The van der Waals surface area contributed by atoms with Gasteiger partial charge in [-0.2, -0.15) is 0 Å². The first-order valence-corrected chi connectivity index (χ1v) is 6.06. The van der Waals surface area contributed by atoms with Crippen LogP contribution >= 0.6 is 0 Å². The fourth-order valence-electron chi connectivity index (χ4n) is 1.63. The summed E-state index contributed by atoms with van der Waals surface area (Å²) in [5, 5.41) is 3.35. The minimum absolute atomic E-state index is 0.490. The van der Waals surface area contributed by atoms with E-state index in [1.54, 1.807) is 0 Å². The van der Waals surface area contributed by atoms with Crippen molar-refractivity contribution in [1.82, 2.24) is 14.5 Å². The molecule has 0 amide bonds. The molecule has 0 aliphatic rings. The Morgan fingerprint density at radius 1 is 1.50 bits per heavy atom. The van der Waals surface area contributed by atoms with Gasteiger partial charge in [-0.15, -0.1) is 0 Å². The van der Waals surface area contributed by atoms with E-state index in [1.165, 1.54) is 0 Å². The standard InChI is InChI=1S/C12H24N4/c1-5-7-13-12-14-8-10-16(12)11(2)6-9-15(3)4/h8,10-11H,5-7,9H2,1-4H3,(H,13,14). The molecular weight excluding hydrogens is 200 g/mol. The predicted octanol–water partition coefficient (Wildman–Crippen LogP) is 2.22. The van der Waals surface area contributed by atoms with Crippen LogP contribution in [0.1, 0.15) is 32.7 Å². The van der Waals surface area contributed by atoms with Crippen molar-refractivity contribution in [1.29, 1.82) is 0 Å². The van der Waals surface area contributed by atoms with Crippen LogP contribution in [0.2, 0.25) is 0 Å². The SMILES string of the molecule is CCCNc1nccn1C(C)CCN(C)C. The van der Waals surface area contributed by atoms with Gasteiger partial charge in [-0.3, -0.25) is 0 Å². The highest BCUT2D eigenvalue weighted by atomic mass is 15.2. The molecule has 92 valence electrons. The topological polar surface area (TPSA) is 33.1 Å². The Balaban J connectivity index is 2.53. The van der Waals surface area contributed by atoms with Gasteiger partial charge in [0.1, 0.15) is 0 Å². The van der Waals surface area contributed by atoms with Gasteiger partial charge in [-0.1, -0.05) is 6.92 Å². The Kier molecular flexibility index (Phi) is 5.32. The summed E-state index contributed by atoms with van der Waals surface area (Å²) in [5.41, 5.74) is 0. The van der Waals surface area contributed by atoms with Crippen LogP contribution in [0.5, 0.6) is 0 Å². The maximum Gasteiger partial charge on any atom is 0.203 e. The number of hydrogen-bond donors (Lipinski definition) is 1. The fraction of sp³-hybridized carbons (Fsp3) is 0.750. The number of imidazole rings is 1. The molecule has 0 radical (unpaired) electrons. The lowest BCUT2D eigenvalue weighted by Gasteiger charge is -2.19. The average Bonchev–Trinajstić information content (AvgIpc) is 2.71. The highest BCUT2D eigenvalue weighted by molar-refractivity contribution is 5.26.